The predicted molar refractivity (Wildman–Crippen MR) is 60.7 cm³/mol. The van der Waals surface area contributed by atoms with Gasteiger partial charge in [0.2, 0.25) is 0 Å². The molecule has 0 unspecified atom stereocenters. The van der Waals surface area contributed by atoms with Gasteiger partial charge in [-0.3, -0.25) is 4.79 Å². The van der Waals surface area contributed by atoms with Gasteiger partial charge in [-0.2, -0.15) is 0 Å². The van der Waals surface area contributed by atoms with E-state index in [1.165, 1.54) is 0 Å². The van der Waals surface area contributed by atoms with E-state index < -0.39 is 5.97 Å². The van der Waals surface area contributed by atoms with Gasteiger partial charge in [0, 0.05) is 25.5 Å². The Labute approximate surface area is 99.1 Å². The largest absolute Gasteiger partial charge is 0.453 e. The van der Waals surface area contributed by atoms with Gasteiger partial charge in [-0.15, -0.1) is 11.6 Å². The number of esters is 1. The molecular weight excluding hydrogens is 230 g/mol. The summed E-state index contributed by atoms with van der Waals surface area (Å²) in [7, 11) is 1.74. The lowest BCUT2D eigenvalue weighted by molar-refractivity contribution is -0.122. The standard InChI is InChI=1S/C11H14ClNO3/c1-13-7-3-5-10(13)11(15)16-8-9(14)4-2-6-12/h3,5,7H,2,4,6,8H2,1H3. The first-order chi connectivity index (χ1) is 7.65. The summed E-state index contributed by atoms with van der Waals surface area (Å²) in [6.07, 6.45) is 2.71. The summed E-state index contributed by atoms with van der Waals surface area (Å²) < 4.78 is 6.52. The van der Waals surface area contributed by atoms with Crippen LogP contribution < -0.4 is 0 Å². The molecule has 0 aliphatic carbocycles. The lowest BCUT2D eigenvalue weighted by Gasteiger charge is -2.04. The molecule has 0 amide bonds. The molecule has 0 aliphatic heterocycles. The number of ether oxygens (including phenoxy) is 1. The van der Waals surface area contributed by atoms with E-state index in [4.69, 9.17) is 16.3 Å². The number of hydrogen-bond donors (Lipinski definition) is 0. The zero-order chi connectivity index (χ0) is 12.0. The Hall–Kier alpha value is -1.29. The second-order valence-electron chi connectivity index (χ2n) is 3.41. The predicted octanol–water partition coefficient (Wildman–Crippen LogP) is 1.77. The lowest BCUT2D eigenvalue weighted by Crippen LogP contribution is -2.16. The normalized spacial score (nSPS) is 10.1. The van der Waals surface area contributed by atoms with Crippen molar-refractivity contribution in [2.24, 2.45) is 7.05 Å². The topological polar surface area (TPSA) is 48.3 Å². The van der Waals surface area contributed by atoms with Gasteiger partial charge >= 0.3 is 5.97 Å². The molecule has 1 heterocycles. The van der Waals surface area contributed by atoms with Crippen LogP contribution in [0.25, 0.3) is 0 Å². The Morgan fingerprint density at radius 2 is 2.25 bits per heavy atom. The summed E-state index contributed by atoms with van der Waals surface area (Å²) in [6.45, 7) is -0.180. The molecule has 0 saturated carbocycles. The van der Waals surface area contributed by atoms with Crippen molar-refractivity contribution in [3.8, 4) is 0 Å². The zero-order valence-corrected chi connectivity index (χ0v) is 9.87. The summed E-state index contributed by atoms with van der Waals surface area (Å²) in [5, 5.41) is 0. The number of aromatic nitrogens is 1. The van der Waals surface area contributed by atoms with Gasteiger partial charge in [0.1, 0.15) is 12.3 Å². The molecule has 0 spiro atoms. The molecule has 0 radical (unpaired) electrons. The molecule has 1 aromatic heterocycles. The Morgan fingerprint density at radius 1 is 1.50 bits per heavy atom. The van der Waals surface area contributed by atoms with Crippen LogP contribution in [0.4, 0.5) is 0 Å². The van der Waals surface area contributed by atoms with Crippen molar-refractivity contribution >= 4 is 23.4 Å². The van der Waals surface area contributed by atoms with Crippen molar-refractivity contribution in [3.63, 3.8) is 0 Å². The summed E-state index contributed by atoms with van der Waals surface area (Å²) >= 11 is 5.45. The van der Waals surface area contributed by atoms with E-state index in [1.54, 1.807) is 29.9 Å². The van der Waals surface area contributed by atoms with E-state index in [0.717, 1.165) is 0 Å². The monoisotopic (exact) mass is 243 g/mol. The SMILES string of the molecule is Cn1cccc1C(=O)OCC(=O)CCCCl. The Kier molecular flexibility index (Phi) is 5.05. The van der Waals surface area contributed by atoms with E-state index in [2.05, 4.69) is 0 Å². The summed E-state index contributed by atoms with van der Waals surface area (Å²) in [5.74, 6) is -0.146. The number of ketones is 1. The highest BCUT2D eigenvalue weighted by Crippen LogP contribution is 2.02. The van der Waals surface area contributed by atoms with Gasteiger partial charge in [-0.25, -0.2) is 4.79 Å². The molecule has 0 fully saturated rings. The molecule has 1 rings (SSSR count). The van der Waals surface area contributed by atoms with Crippen molar-refractivity contribution in [1.82, 2.24) is 4.57 Å². The van der Waals surface area contributed by atoms with E-state index in [1.807, 2.05) is 0 Å². The van der Waals surface area contributed by atoms with Crippen molar-refractivity contribution in [2.45, 2.75) is 12.8 Å². The van der Waals surface area contributed by atoms with Gasteiger partial charge in [0.25, 0.3) is 0 Å². The molecule has 16 heavy (non-hydrogen) atoms. The van der Waals surface area contributed by atoms with E-state index in [9.17, 15) is 9.59 Å². The fourth-order valence-electron chi connectivity index (χ4n) is 1.23. The minimum atomic E-state index is -0.480. The van der Waals surface area contributed by atoms with Crippen molar-refractivity contribution in [1.29, 1.82) is 0 Å². The van der Waals surface area contributed by atoms with Crippen LogP contribution in [0.15, 0.2) is 18.3 Å². The van der Waals surface area contributed by atoms with Gasteiger partial charge in [-0.05, 0) is 18.6 Å². The fraction of sp³-hybridized carbons (Fsp3) is 0.455. The summed E-state index contributed by atoms with van der Waals surface area (Å²) in [6, 6.07) is 3.39. The number of Topliss-reactive ketones (excluding diaryl/α,β-unsaturated/α-hetero) is 1. The maximum atomic E-state index is 11.5. The van der Waals surface area contributed by atoms with Crippen LogP contribution in [0.5, 0.6) is 0 Å². The fourth-order valence-corrected chi connectivity index (χ4v) is 1.36. The van der Waals surface area contributed by atoms with Crippen molar-refractivity contribution < 1.29 is 14.3 Å². The average Bonchev–Trinajstić information content (AvgIpc) is 2.69. The minimum Gasteiger partial charge on any atom is -0.453 e. The number of nitrogens with zero attached hydrogens (tertiary/aromatic N) is 1. The molecule has 0 aliphatic rings. The zero-order valence-electron chi connectivity index (χ0n) is 9.11. The van der Waals surface area contributed by atoms with Crippen LogP contribution in [-0.2, 0) is 16.6 Å². The third kappa shape index (κ3) is 3.70. The van der Waals surface area contributed by atoms with Crippen LogP contribution in [0.2, 0.25) is 0 Å². The van der Waals surface area contributed by atoms with Gasteiger partial charge in [-0.1, -0.05) is 0 Å². The number of rotatable bonds is 6. The molecule has 88 valence electrons. The number of hydrogen-bond acceptors (Lipinski definition) is 3. The molecule has 0 bridgehead atoms. The lowest BCUT2D eigenvalue weighted by atomic mass is 10.2. The number of alkyl halides is 1. The first-order valence-electron chi connectivity index (χ1n) is 5.01. The van der Waals surface area contributed by atoms with Crippen LogP contribution in [0, 0.1) is 0 Å². The van der Waals surface area contributed by atoms with Gasteiger partial charge < -0.3 is 9.30 Å². The number of aryl methyl sites for hydroxylation is 1. The molecule has 0 N–H and O–H groups in total. The van der Waals surface area contributed by atoms with E-state index >= 15 is 0 Å². The molecule has 0 atom stereocenters. The van der Waals surface area contributed by atoms with E-state index in [-0.39, 0.29) is 12.4 Å². The maximum absolute atomic E-state index is 11.5. The molecule has 0 aromatic carbocycles. The quantitative estimate of drug-likeness (QED) is 0.565. The van der Waals surface area contributed by atoms with Crippen LogP contribution in [0.1, 0.15) is 23.3 Å². The summed E-state index contributed by atoms with van der Waals surface area (Å²) in [5.41, 5.74) is 0.435. The maximum Gasteiger partial charge on any atom is 0.355 e. The smallest absolute Gasteiger partial charge is 0.355 e. The van der Waals surface area contributed by atoms with Crippen LogP contribution >= 0.6 is 11.6 Å². The number of carbonyl (C=O) groups is 2. The minimum absolute atomic E-state index is 0.108. The molecule has 1 aromatic rings. The second kappa shape index (κ2) is 6.33. The van der Waals surface area contributed by atoms with Crippen molar-refractivity contribution in [3.05, 3.63) is 24.0 Å². The van der Waals surface area contributed by atoms with E-state index in [0.29, 0.717) is 24.4 Å². The third-order valence-corrected chi connectivity index (χ3v) is 2.37. The Balaban J connectivity index is 2.36. The third-order valence-electron chi connectivity index (χ3n) is 2.11. The van der Waals surface area contributed by atoms with Crippen LogP contribution in [0.3, 0.4) is 0 Å². The summed E-state index contributed by atoms with van der Waals surface area (Å²) in [4.78, 5) is 22.7. The Morgan fingerprint density at radius 3 is 2.81 bits per heavy atom. The molecule has 5 heteroatoms. The Bertz CT molecular complexity index is 373. The van der Waals surface area contributed by atoms with Gasteiger partial charge in [0.05, 0.1) is 0 Å². The first kappa shape index (κ1) is 12.8. The molecule has 4 nitrogen and oxygen atoms in total. The number of carbonyl (C=O) groups excluding carboxylic acids is 2. The average molecular weight is 244 g/mol. The van der Waals surface area contributed by atoms with Crippen molar-refractivity contribution in [2.75, 3.05) is 12.5 Å². The first-order valence-corrected chi connectivity index (χ1v) is 5.54. The molecule has 0 saturated heterocycles. The highest BCUT2D eigenvalue weighted by atomic mass is 35.5. The highest BCUT2D eigenvalue weighted by Gasteiger charge is 2.12. The van der Waals surface area contributed by atoms with Gasteiger partial charge in [0.15, 0.2) is 5.78 Å². The highest BCUT2D eigenvalue weighted by molar-refractivity contribution is 6.17. The molecular formula is C11H14ClNO3. The van der Waals surface area contributed by atoms with Crippen LogP contribution in [-0.4, -0.2) is 28.8 Å². The second-order valence-corrected chi connectivity index (χ2v) is 3.79. The number of halogens is 1.